The molecule has 0 unspecified atom stereocenters. The van der Waals surface area contributed by atoms with Gasteiger partial charge in [0.05, 0.1) is 5.52 Å². The van der Waals surface area contributed by atoms with Crippen LogP contribution in [0.15, 0.2) is 67.1 Å². The molecule has 0 aliphatic rings. The van der Waals surface area contributed by atoms with Gasteiger partial charge in [0.2, 0.25) is 0 Å². The van der Waals surface area contributed by atoms with Gasteiger partial charge < -0.3 is 4.98 Å². The molecule has 5 aromatic rings. The summed E-state index contributed by atoms with van der Waals surface area (Å²) in [5.74, 6) is 0.0227. The Morgan fingerprint density at radius 3 is 2.38 bits per heavy atom. The minimum atomic E-state index is -2.58. The summed E-state index contributed by atoms with van der Waals surface area (Å²) >= 11 is 0. The maximum atomic E-state index is 12.9. The van der Waals surface area contributed by atoms with Crippen LogP contribution in [0.5, 0.6) is 0 Å². The van der Waals surface area contributed by atoms with E-state index in [2.05, 4.69) is 85.1 Å². The summed E-state index contributed by atoms with van der Waals surface area (Å²) in [6.07, 6.45) is 2.68. The van der Waals surface area contributed by atoms with E-state index in [4.69, 9.17) is 8.22 Å². The number of hydrogen-bond acceptors (Lipinski definition) is 3. The van der Waals surface area contributed by atoms with Gasteiger partial charge in [-0.05, 0) is 53.6 Å². The Balaban J connectivity index is 0.000000230. The molecule has 2 aromatic heterocycles. The van der Waals surface area contributed by atoms with Crippen molar-refractivity contribution in [2.75, 3.05) is 0 Å². The Hall–Kier alpha value is -3.27. The Morgan fingerprint density at radius 2 is 1.70 bits per heavy atom. The van der Waals surface area contributed by atoms with Crippen molar-refractivity contribution in [3.05, 3.63) is 113 Å². The summed E-state index contributed by atoms with van der Waals surface area (Å²) in [6.45, 7) is 3.41. The second-order valence-electron chi connectivity index (χ2n) is 8.94. The molecular formula is C32H30FIrN3-2. The van der Waals surface area contributed by atoms with E-state index in [0.717, 1.165) is 40.0 Å². The first-order chi connectivity index (χ1) is 19.6. The summed E-state index contributed by atoms with van der Waals surface area (Å²) in [5.41, 5.74) is 6.68. The third-order valence-electron chi connectivity index (χ3n) is 5.69. The molecule has 37 heavy (non-hydrogen) atoms. The molecule has 5 rings (SSSR count). The Morgan fingerprint density at radius 1 is 0.892 bits per heavy atom. The van der Waals surface area contributed by atoms with E-state index in [-0.39, 0.29) is 36.9 Å². The molecule has 3 aromatic carbocycles. The molecular weight excluding hydrogens is 638 g/mol. The smallest absolute Gasteiger partial charge is 0.106 e. The second kappa shape index (κ2) is 12.3. The zero-order chi connectivity index (χ0) is 30.8. The predicted octanol–water partition coefficient (Wildman–Crippen LogP) is 8.14. The van der Waals surface area contributed by atoms with E-state index in [1.165, 1.54) is 29.3 Å². The third kappa shape index (κ3) is 6.94. The normalized spacial score (nSPS) is 13.7. The largest absolute Gasteiger partial charge is 0.304 e. The van der Waals surface area contributed by atoms with Crippen LogP contribution in [-0.4, -0.2) is 15.0 Å². The van der Waals surface area contributed by atoms with Crippen LogP contribution in [0.3, 0.4) is 0 Å². The minimum Gasteiger partial charge on any atom is -0.304 e. The first kappa shape index (κ1) is 20.7. The molecule has 0 spiro atoms. The molecule has 1 radical (unpaired) electrons. The van der Waals surface area contributed by atoms with Gasteiger partial charge in [-0.15, -0.1) is 64.7 Å². The van der Waals surface area contributed by atoms with Gasteiger partial charge in [-0.3, -0.25) is 9.37 Å². The van der Waals surface area contributed by atoms with Crippen molar-refractivity contribution in [1.29, 1.82) is 0 Å². The number of aromatic nitrogens is 3. The van der Waals surface area contributed by atoms with E-state index < -0.39 is 19.5 Å². The Kier molecular flexibility index (Phi) is 6.91. The quantitative estimate of drug-likeness (QED) is 0.182. The number of rotatable bonds is 3. The first-order valence-corrected chi connectivity index (χ1v) is 11.6. The first-order valence-electron chi connectivity index (χ1n) is 14.6. The molecule has 191 valence electrons. The summed E-state index contributed by atoms with van der Waals surface area (Å²) in [7, 11) is 0. The number of fused-ring (bicyclic) bond motifs is 1. The molecule has 0 amide bonds. The van der Waals surface area contributed by atoms with Gasteiger partial charge in [0.1, 0.15) is 6.33 Å². The molecule has 5 heteroatoms. The van der Waals surface area contributed by atoms with Crippen molar-refractivity contribution in [1.82, 2.24) is 15.0 Å². The topological polar surface area (TPSA) is 38.7 Å². The van der Waals surface area contributed by atoms with Crippen molar-refractivity contribution in [3.63, 3.8) is 0 Å². The maximum absolute atomic E-state index is 12.9. The minimum absolute atomic E-state index is 0. The molecule has 0 aliphatic heterocycles. The summed E-state index contributed by atoms with van der Waals surface area (Å²) < 4.78 is 57.4. The molecule has 0 aliphatic carbocycles. The SMILES string of the molecule is Cc1[c-]c(-c2ncnc3cc(C(C)C)ccc23)cc(C)c1.[2H]C([2H])([2H])c1cnc(-c2[c-]cc(F)cc2)cc1C([2H])([2H])[2H].[Ir]. The van der Waals surface area contributed by atoms with E-state index >= 15 is 0 Å². The van der Waals surface area contributed by atoms with Gasteiger partial charge in [0.15, 0.2) is 0 Å². The van der Waals surface area contributed by atoms with Crippen molar-refractivity contribution in [3.8, 4) is 22.5 Å². The van der Waals surface area contributed by atoms with E-state index in [0.29, 0.717) is 11.5 Å². The number of aryl methyl sites for hydroxylation is 4. The molecule has 0 atom stereocenters. The van der Waals surface area contributed by atoms with Gasteiger partial charge in [-0.2, -0.15) is 0 Å². The molecule has 2 heterocycles. The van der Waals surface area contributed by atoms with Crippen LogP contribution in [0.1, 0.15) is 55.8 Å². The van der Waals surface area contributed by atoms with Crippen molar-refractivity contribution < 1.29 is 32.7 Å². The van der Waals surface area contributed by atoms with Gasteiger partial charge in [-0.1, -0.05) is 51.5 Å². The van der Waals surface area contributed by atoms with Crippen LogP contribution >= 0.6 is 0 Å². The molecule has 0 fully saturated rings. The number of pyridine rings is 1. The van der Waals surface area contributed by atoms with Crippen molar-refractivity contribution >= 4 is 10.9 Å². The Bertz CT molecular complexity index is 1700. The third-order valence-corrected chi connectivity index (χ3v) is 5.69. The standard InChI is InChI=1S/C19H19N2.C13H11FN.Ir/c1-12(2)15-5-6-17-18(10-15)20-11-21-19(17)16-8-13(3)7-14(4)9-16;1-9-7-13(15-8-10(9)2)11-3-5-12(14)6-4-11;/h5-8,10-12H,1-4H3;3,5-8H,1-2H3;/q2*-1;/i;1D3,2D3;. The van der Waals surface area contributed by atoms with Gasteiger partial charge in [-0.25, -0.2) is 4.98 Å². The molecule has 3 nitrogen and oxygen atoms in total. The fourth-order valence-electron chi connectivity index (χ4n) is 3.84. The van der Waals surface area contributed by atoms with Gasteiger partial charge >= 0.3 is 0 Å². The maximum Gasteiger partial charge on any atom is 0.106 e. The number of halogens is 1. The fraction of sp³-hybridized carbons (Fsp3) is 0.219. The van der Waals surface area contributed by atoms with Crippen LogP contribution in [0.4, 0.5) is 4.39 Å². The zero-order valence-electron chi connectivity index (χ0n) is 27.0. The van der Waals surface area contributed by atoms with Gasteiger partial charge in [0, 0.05) is 40.3 Å². The van der Waals surface area contributed by atoms with Crippen LogP contribution in [0.25, 0.3) is 33.4 Å². The van der Waals surface area contributed by atoms with Crippen molar-refractivity contribution in [2.45, 2.75) is 47.3 Å². The average molecular weight is 674 g/mol. The van der Waals surface area contributed by atoms with E-state index in [1.54, 1.807) is 6.33 Å². The summed E-state index contributed by atoms with van der Waals surface area (Å²) in [5, 5.41) is 1.09. The molecule has 0 saturated carbocycles. The fourth-order valence-corrected chi connectivity index (χ4v) is 3.84. The van der Waals surface area contributed by atoms with Crippen LogP contribution in [-0.2, 0) is 20.1 Å². The Labute approximate surface area is 241 Å². The summed E-state index contributed by atoms with van der Waals surface area (Å²) in [6, 6.07) is 21.6. The molecule has 0 N–H and O–H groups in total. The van der Waals surface area contributed by atoms with Crippen LogP contribution < -0.4 is 0 Å². The van der Waals surface area contributed by atoms with E-state index in [1.807, 2.05) is 0 Å². The second-order valence-corrected chi connectivity index (χ2v) is 8.94. The predicted molar refractivity (Wildman–Crippen MR) is 145 cm³/mol. The number of nitrogens with zero attached hydrogens (tertiary/aromatic N) is 3. The van der Waals surface area contributed by atoms with Crippen molar-refractivity contribution in [2.24, 2.45) is 0 Å². The summed E-state index contributed by atoms with van der Waals surface area (Å²) in [4.78, 5) is 12.9. The van der Waals surface area contributed by atoms with Gasteiger partial charge in [0.25, 0.3) is 0 Å². The zero-order valence-corrected chi connectivity index (χ0v) is 23.4. The molecule has 0 bridgehead atoms. The molecule has 0 saturated heterocycles. The van der Waals surface area contributed by atoms with Crippen LogP contribution in [0, 0.1) is 45.5 Å². The van der Waals surface area contributed by atoms with E-state index in [9.17, 15) is 4.39 Å². The van der Waals surface area contributed by atoms with Crippen LogP contribution in [0.2, 0.25) is 0 Å². The monoisotopic (exact) mass is 674 g/mol. The number of hydrogen-bond donors (Lipinski definition) is 0. The number of benzene rings is 3. The average Bonchev–Trinajstić information content (AvgIpc) is 2.91.